The van der Waals surface area contributed by atoms with Crippen LogP contribution in [0.1, 0.15) is 23.8 Å². The van der Waals surface area contributed by atoms with E-state index in [1.165, 1.54) is 4.90 Å². The van der Waals surface area contributed by atoms with Gasteiger partial charge in [-0.2, -0.15) is 0 Å². The predicted octanol–water partition coefficient (Wildman–Crippen LogP) is 0.475. The van der Waals surface area contributed by atoms with Crippen LogP contribution in [0, 0.1) is 5.41 Å². The first-order valence-corrected chi connectivity index (χ1v) is 5.66. The number of hydrogen-bond donors (Lipinski definition) is 1. The van der Waals surface area contributed by atoms with Crippen LogP contribution in [-0.4, -0.2) is 44.6 Å². The van der Waals surface area contributed by atoms with Gasteiger partial charge in [0.25, 0.3) is 5.91 Å². The lowest BCUT2D eigenvalue weighted by molar-refractivity contribution is -0.147. The Morgan fingerprint density at radius 2 is 2.38 bits per heavy atom. The second-order valence-electron chi connectivity index (χ2n) is 4.13. The van der Waals surface area contributed by atoms with Crippen molar-refractivity contribution in [3.05, 3.63) is 11.1 Å². The van der Waals surface area contributed by atoms with Crippen molar-refractivity contribution in [1.82, 2.24) is 14.5 Å². The molecule has 1 saturated heterocycles. The summed E-state index contributed by atoms with van der Waals surface area (Å²) in [6.45, 7) is 2.35. The number of rotatable bonds is 2. The predicted molar refractivity (Wildman–Crippen MR) is 56.2 cm³/mol. The lowest BCUT2D eigenvalue weighted by Gasteiger charge is -2.19. The number of carbonyl (C=O) groups excluding carboxylic acids is 1. The molecule has 1 atom stereocenters. The fraction of sp³-hybridized carbons (Fsp3) is 0.556. The summed E-state index contributed by atoms with van der Waals surface area (Å²) in [4.78, 5) is 24.4. The Bertz CT molecular complexity index is 420. The molecule has 16 heavy (non-hydrogen) atoms. The van der Waals surface area contributed by atoms with E-state index in [2.05, 4.69) is 9.59 Å². The highest BCUT2D eigenvalue weighted by molar-refractivity contribution is 7.03. The Morgan fingerprint density at radius 1 is 1.62 bits per heavy atom. The Kier molecular flexibility index (Phi) is 2.63. The molecule has 0 bridgehead atoms. The van der Waals surface area contributed by atoms with Crippen molar-refractivity contribution >= 4 is 23.4 Å². The molecule has 1 N–H and O–H groups in total. The maximum atomic E-state index is 11.9. The average molecular weight is 241 g/mol. The van der Waals surface area contributed by atoms with Gasteiger partial charge in [0.15, 0.2) is 5.69 Å². The van der Waals surface area contributed by atoms with Crippen molar-refractivity contribution in [2.45, 2.75) is 13.3 Å². The Labute approximate surface area is 96.0 Å². The van der Waals surface area contributed by atoms with Gasteiger partial charge in [-0.3, -0.25) is 9.59 Å². The summed E-state index contributed by atoms with van der Waals surface area (Å²) < 4.78 is 3.61. The first-order chi connectivity index (χ1) is 7.53. The number of aliphatic carboxylic acids is 1. The maximum Gasteiger partial charge on any atom is 0.311 e. The number of amides is 1. The van der Waals surface area contributed by atoms with Crippen LogP contribution in [-0.2, 0) is 4.79 Å². The van der Waals surface area contributed by atoms with Gasteiger partial charge in [-0.15, -0.1) is 5.10 Å². The zero-order valence-corrected chi connectivity index (χ0v) is 9.53. The van der Waals surface area contributed by atoms with Crippen molar-refractivity contribution in [1.29, 1.82) is 0 Å². The molecule has 0 radical (unpaired) electrons. The standard InChI is InChI=1S/C9H11N3O3S/c1-9(8(14)15)2-3-12(5-9)7(13)6-4-16-11-10-6/h4H,2-3,5H2,1H3,(H,14,15). The molecule has 0 spiro atoms. The number of aromatic nitrogens is 2. The minimum Gasteiger partial charge on any atom is -0.481 e. The first-order valence-electron chi connectivity index (χ1n) is 4.83. The van der Waals surface area contributed by atoms with Crippen LogP contribution in [0.3, 0.4) is 0 Å². The molecule has 1 aromatic rings. The van der Waals surface area contributed by atoms with Crippen LogP contribution < -0.4 is 0 Å². The monoisotopic (exact) mass is 241 g/mol. The van der Waals surface area contributed by atoms with Gasteiger partial charge in [-0.1, -0.05) is 4.49 Å². The minimum absolute atomic E-state index is 0.235. The fourth-order valence-electron chi connectivity index (χ4n) is 1.73. The van der Waals surface area contributed by atoms with Crippen molar-refractivity contribution in [2.75, 3.05) is 13.1 Å². The Morgan fingerprint density at radius 3 is 2.88 bits per heavy atom. The second-order valence-corrected chi connectivity index (χ2v) is 4.74. The molecule has 7 heteroatoms. The molecular formula is C9H11N3O3S. The maximum absolute atomic E-state index is 11.9. The molecule has 1 amide bonds. The number of nitrogens with zero attached hydrogens (tertiary/aromatic N) is 3. The summed E-state index contributed by atoms with van der Waals surface area (Å²) in [5, 5.41) is 14.3. The molecule has 6 nitrogen and oxygen atoms in total. The van der Waals surface area contributed by atoms with Crippen molar-refractivity contribution in [2.24, 2.45) is 5.41 Å². The van der Waals surface area contributed by atoms with E-state index in [0.717, 1.165) is 11.5 Å². The first kappa shape index (κ1) is 11.0. The number of carboxylic acids is 1. The highest BCUT2D eigenvalue weighted by Gasteiger charge is 2.42. The summed E-state index contributed by atoms with van der Waals surface area (Å²) in [6.07, 6.45) is 0.478. The summed E-state index contributed by atoms with van der Waals surface area (Å²) in [5.41, 5.74) is -0.543. The number of carbonyl (C=O) groups is 2. The zero-order valence-electron chi connectivity index (χ0n) is 8.71. The van der Waals surface area contributed by atoms with Crippen LogP contribution in [0.5, 0.6) is 0 Å². The zero-order chi connectivity index (χ0) is 11.8. The molecule has 86 valence electrons. The molecule has 0 aromatic carbocycles. The van der Waals surface area contributed by atoms with Crippen LogP contribution in [0.25, 0.3) is 0 Å². The molecule has 1 aliphatic heterocycles. The van der Waals surface area contributed by atoms with E-state index in [1.807, 2.05) is 0 Å². The highest BCUT2D eigenvalue weighted by Crippen LogP contribution is 2.30. The number of carboxylic acid groups (broad SMARTS) is 1. The normalized spacial score (nSPS) is 24.7. The fourth-order valence-corrected chi connectivity index (χ4v) is 2.16. The SMILES string of the molecule is CC1(C(=O)O)CCN(C(=O)c2csnn2)C1. The molecule has 1 aromatic heterocycles. The van der Waals surface area contributed by atoms with E-state index in [-0.39, 0.29) is 12.5 Å². The summed E-state index contributed by atoms with van der Waals surface area (Å²) in [5.74, 6) is -1.10. The Hall–Kier alpha value is -1.50. The van der Waals surface area contributed by atoms with Gasteiger partial charge in [0, 0.05) is 18.5 Å². The van der Waals surface area contributed by atoms with E-state index in [9.17, 15) is 9.59 Å². The van der Waals surface area contributed by atoms with Crippen molar-refractivity contribution in [3.63, 3.8) is 0 Å². The third kappa shape index (κ3) is 1.78. The molecule has 0 aliphatic carbocycles. The van der Waals surface area contributed by atoms with Crippen LogP contribution in [0.4, 0.5) is 0 Å². The third-order valence-corrected chi connectivity index (χ3v) is 3.36. The van der Waals surface area contributed by atoms with Crippen LogP contribution in [0.15, 0.2) is 5.38 Å². The molecule has 0 saturated carbocycles. The van der Waals surface area contributed by atoms with Gasteiger partial charge in [0.1, 0.15) is 0 Å². The molecular weight excluding hydrogens is 230 g/mol. The Balaban J connectivity index is 2.10. The van der Waals surface area contributed by atoms with Crippen molar-refractivity contribution < 1.29 is 14.7 Å². The van der Waals surface area contributed by atoms with Gasteiger partial charge in [-0.25, -0.2) is 0 Å². The van der Waals surface area contributed by atoms with E-state index in [0.29, 0.717) is 18.7 Å². The minimum atomic E-state index is -0.862. The molecule has 1 fully saturated rings. The topological polar surface area (TPSA) is 83.4 Å². The van der Waals surface area contributed by atoms with Gasteiger partial charge in [-0.05, 0) is 24.9 Å². The van der Waals surface area contributed by atoms with E-state index in [1.54, 1.807) is 12.3 Å². The van der Waals surface area contributed by atoms with Gasteiger partial charge < -0.3 is 10.0 Å². The van der Waals surface area contributed by atoms with E-state index < -0.39 is 11.4 Å². The van der Waals surface area contributed by atoms with Gasteiger partial charge >= 0.3 is 5.97 Å². The highest BCUT2D eigenvalue weighted by atomic mass is 32.1. The third-order valence-electron chi connectivity index (χ3n) is 2.86. The van der Waals surface area contributed by atoms with Crippen molar-refractivity contribution in [3.8, 4) is 0 Å². The number of hydrogen-bond acceptors (Lipinski definition) is 5. The summed E-state index contributed by atoms with van der Waals surface area (Å²) >= 11 is 1.11. The smallest absolute Gasteiger partial charge is 0.311 e. The summed E-state index contributed by atoms with van der Waals surface area (Å²) in [6, 6.07) is 0. The average Bonchev–Trinajstić information content (AvgIpc) is 2.85. The molecule has 1 unspecified atom stereocenters. The molecule has 1 aliphatic rings. The van der Waals surface area contributed by atoms with E-state index >= 15 is 0 Å². The molecule has 2 rings (SSSR count). The summed E-state index contributed by atoms with van der Waals surface area (Å²) in [7, 11) is 0. The van der Waals surface area contributed by atoms with Crippen LogP contribution >= 0.6 is 11.5 Å². The van der Waals surface area contributed by atoms with Gasteiger partial charge in [0.05, 0.1) is 5.41 Å². The quantitative estimate of drug-likeness (QED) is 0.814. The van der Waals surface area contributed by atoms with Gasteiger partial charge in [0.2, 0.25) is 0 Å². The van der Waals surface area contributed by atoms with Crippen LogP contribution in [0.2, 0.25) is 0 Å². The molecule has 2 heterocycles. The lowest BCUT2D eigenvalue weighted by Crippen LogP contribution is -2.35. The second kappa shape index (κ2) is 3.82. The van der Waals surface area contributed by atoms with E-state index in [4.69, 9.17) is 5.11 Å². The lowest BCUT2D eigenvalue weighted by atomic mass is 9.90. The number of likely N-dealkylation sites (tertiary alicyclic amines) is 1. The largest absolute Gasteiger partial charge is 0.481 e.